The Kier molecular flexibility index (Phi) is 6.40. The molecule has 1 spiro atoms. The van der Waals surface area contributed by atoms with Gasteiger partial charge in [-0.25, -0.2) is 0 Å². The summed E-state index contributed by atoms with van der Waals surface area (Å²) in [6.07, 6.45) is 4.02. The van der Waals surface area contributed by atoms with Crippen LogP contribution >= 0.6 is 23.2 Å². The van der Waals surface area contributed by atoms with Crippen molar-refractivity contribution in [2.45, 2.75) is 31.2 Å². The molecular weight excluding hydrogens is 373 g/mol. The summed E-state index contributed by atoms with van der Waals surface area (Å²) in [5.74, 6) is 0.186. The fourth-order valence-electron chi connectivity index (χ4n) is 3.56. The molecule has 4 N–H and O–H groups in total. The lowest BCUT2D eigenvalue weighted by molar-refractivity contribution is -0.122. The molecule has 2 aliphatic rings. The summed E-state index contributed by atoms with van der Waals surface area (Å²) in [4.78, 5) is 18.6. The number of aliphatic imine (C=N–C) groups is 1. The van der Waals surface area contributed by atoms with Gasteiger partial charge in [-0.2, -0.15) is 4.99 Å². The van der Waals surface area contributed by atoms with E-state index in [-0.39, 0.29) is 11.4 Å². The molecule has 1 saturated heterocycles. The number of benzene rings is 1. The Hall–Kier alpha value is -1.34. The van der Waals surface area contributed by atoms with Crippen LogP contribution in [0.1, 0.15) is 25.7 Å². The van der Waals surface area contributed by atoms with E-state index < -0.39 is 0 Å². The molecule has 1 heterocycles. The highest BCUT2D eigenvalue weighted by molar-refractivity contribution is 6.42. The molecule has 142 valence electrons. The molecule has 0 radical (unpaired) electrons. The summed E-state index contributed by atoms with van der Waals surface area (Å²) < 4.78 is 0. The van der Waals surface area contributed by atoms with Crippen molar-refractivity contribution in [3.05, 3.63) is 28.2 Å². The summed E-state index contributed by atoms with van der Waals surface area (Å²) in [6, 6.07) is 5.33. The molecule has 3 rings (SSSR count). The summed E-state index contributed by atoms with van der Waals surface area (Å²) in [5.41, 5.74) is 6.94. The molecule has 0 unspecified atom stereocenters. The molecule has 1 aromatic rings. The van der Waals surface area contributed by atoms with Crippen LogP contribution in [0.25, 0.3) is 0 Å². The Bertz CT molecular complexity index is 690. The van der Waals surface area contributed by atoms with Crippen molar-refractivity contribution in [1.82, 2.24) is 10.2 Å². The number of hydrogen-bond donors (Lipinski definition) is 3. The molecule has 0 atom stereocenters. The van der Waals surface area contributed by atoms with E-state index in [0.717, 1.165) is 38.2 Å². The minimum atomic E-state index is -0.162. The Labute approximate surface area is 164 Å². The maximum Gasteiger partial charge on any atom is 0.261 e. The molecule has 1 aliphatic heterocycles. The predicted molar refractivity (Wildman–Crippen MR) is 107 cm³/mol. The number of nitrogens with zero attached hydrogens (tertiary/aromatic N) is 2. The van der Waals surface area contributed by atoms with Crippen molar-refractivity contribution in [1.29, 1.82) is 0 Å². The van der Waals surface area contributed by atoms with E-state index in [9.17, 15) is 4.79 Å². The number of nitrogens with two attached hydrogens (primary N) is 1. The summed E-state index contributed by atoms with van der Waals surface area (Å²) in [5, 5.41) is 7.64. The number of rotatable bonds is 6. The lowest BCUT2D eigenvalue weighted by Crippen LogP contribution is -2.65. The van der Waals surface area contributed by atoms with Gasteiger partial charge in [-0.05, 0) is 37.5 Å². The number of carbonyl (C=O) groups is 1. The first kappa shape index (κ1) is 19.4. The van der Waals surface area contributed by atoms with Gasteiger partial charge < -0.3 is 16.4 Å². The maximum atomic E-state index is 12.3. The van der Waals surface area contributed by atoms with Gasteiger partial charge in [-0.3, -0.25) is 9.69 Å². The highest BCUT2D eigenvalue weighted by atomic mass is 35.5. The first-order chi connectivity index (χ1) is 12.5. The third-order valence-corrected chi connectivity index (χ3v) is 5.93. The van der Waals surface area contributed by atoms with Crippen molar-refractivity contribution >= 4 is 40.6 Å². The average Bonchev–Trinajstić information content (AvgIpc) is 2.57. The number of anilines is 1. The number of piperazine rings is 1. The number of carbonyl (C=O) groups excluding carboxylic acids is 1. The van der Waals surface area contributed by atoms with Crippen LogP contribution in [0, 0.1) is 0 Å². The van der Waals surface area contributed by atoms with Gasteiger partial charge in [0.2, 0.25) is 0 Å². The average molecular weight is 398 g/mol. The summed E-state index contributed by atoms with van der Waals surface area (Å²) in [7, 11) is 0. The first-order valence-corrected chi connectivity index (χ1v) is 9.75. The minimum Gasteiger partial charge on any atom is -0.387 e. The summed E-state index contributed by atoms with van der Waals surface area (Å²) >= 11 is 11.9. The lowest BCUT2D eigenvalue weighted by Gasteiger charge is -2.53. The SMILES string of the molecule is NC(CCNc1ccc(Cl)c(Cl)c1)=NC(=O)CN1CCNCC12CCC2. The fourth-order valence-corrected chi connectivity index (χ4v) is 3.86. The van der Waals surface area contributed by atoms with Crippen molar-refractivity contribution in [3.63, 3.8) is 0 Å². The molecule has 1 aliphatic carbocycles. The smallest absolute Gasteiger partial charge is 0.261 e. The molecule has 6 nitrogen and oxygen atoms in total. The molecule has 1 aromatic carbocycles. The number of nitrogens with one attached hydrogen (secondary N) is 2. The van der Waals surface area contributed by atoms with Crippen LogP contribution in [0.2, 0.25) is 10.0 Å². The van der Waals surface area contributed by atoms with Gasteiger partial charge in [0.05, 0.1) is 16.6 Å². The van der Waals surface area contributed by atoms with Gasteiger partial charge in [0.25, 0.3) is 5.91 Å². The number of halogens is 2. The van der Waals surface area contributed by atoms with E-state index in [1.165, 1.54) is 6.42 Å². The molecular formula is C18H25Cl2N5O. The Balaban J connectivity index is 1.46. The second-order valence-electron chi connectivity index (χ2n) is 6.98. The standard InChI is InChI=1S/C18H25Cl2N5O/c19-14-3-2-13(10-15(14)20)23-7-4-16(21)24-17(26)11-25-9-8-22-12-18(25)5-1-6-18/h2-3,10,22-23H,1,4-9,11-12H2,(H2,21,24,26). The van der Waals surface area contributed by atoms with Crippen LogP contribution in [-0.4, -0.2) is 54.9 Å². The predicted octanol–water partition coefficient (Wildman–Crippen LogP) is 2.51. The monoisotopic (exact) mass is 397 g/mol. The second-order valence-corrected chi connectivity index (χ2v) is 7.79. The van der Waals surface area contributed by atoms with Crippen LogP contribution in [-0.2, 0) is 4.79 Å². The Morgan fingerprint density at radius 1 is 1.35 bits per heavy atom. The molecule has 26 heavy (non-hydrogen) atoms. The van der Waals surface area contributed by atoms with Crippen molar-refractivity contribution in [3.8, 4) is 0 Å². The van der Waals surface area contributed by atoms with Crippen LogP contribution in [0.3, 0.4) is 0 Å². The lowest BCUT2D eigenvalue weighted by atomic mass is 9.74. The number of amides is 1. The van der Waals surface area contributed by atoms with Gasteiger partial charge in [0.15, 0.2) is 0 Å². The van der Waals surface area contributed by atoms with E-state index in [4.69, 9.17) is 28.9 Å². The Morgan fingerprint density at radius 2 is 2.15 bits per heavy atom. The van der Waals surface area contributed by atoms with Crippen molar-refractivity contribution < 1.29 is 4.79 Å². The molecule has 0 bridgehead atoms. The molecule has 1 amide bonds. The van der Waals surface area contributed by atoms with Crippen LogP contribution in [0.5, 0.6) is 0 Å². The van der Waals surface area contributed by atoms with E-state index in [0.29, 0.717) is 35.4 Å². The highest BCUT2D eigenvalue weighted by Crippen LogP contribution is 2.38. The number of amidine groups is 1. The largest absolute Gasteiger partial charge is 0.387 e. The van der Waals surface area contributed by atoms with E-state index in [1.807, 2.05) is 6.07 Å². The maximum absolute atomic E-state index is 12.3. The second kappa shape index (κ2) is 8.57. The topological polar surface area (TPSA) is 82.7 Å². The van der Waals surface area contributed by atoms with E-state index in [1.54, 1.807) is 12.1 Å². The molecule has 1 saturated carbocycles. The molecule has 0 aromatic heterocycles. The Morgan fingerprint density at radius 3 is 2.85 bits per heavy atom. The van der Waals surface area contributed by atoms with Crippen LogP contribution in [0.15, 0.2) is 23.2 Å². The highest BCUT2D eigenvalue weighted by Gasteiger charge is 2.44. The van der Waals surface area contributed by atoms with Gasteiger partial charge >= 0.3 is 0 Å². The molecule has 8 heteroatoms. The molecule has 2 fully saturated rings. The first-order valence-electron chi connectivity index (χ1n) is 8.99. The fraction of sp³-hybridized carbons (Fsp3) is 0.556. The van der Waals surface area contributed by atoms with Crippen molar-refractivity contribution in [2.75, 3.05) is 38.0 Å². The third-order valence-electron chi connectivity index (χ3n) is 5.19. The van der Waals surface area contributed by atoms with Gasteiger partial charge in [0, 0.05) is 43.8 Å². The minimum absolute atomic E-state index is 0.160. The zero-order valence-corrected chi connectivity index (χ0v) is 16.2. The van der Waals surface area contributed by atoms with Gasteiger partial charge in [0.1, 0.15) is 5.84 Å². The van der Waals surface area contributed by atoms with Crippen molar-refractivity contribution in [2.24, 2.45) is 10.7 Å². The van der Waals surface area contributed by atoms with Crippen LogP contribution < -0.4 is 16.4 Å². The van der Waals surface area contributed by atoms with E-state index >= 15 is 0 Å². The zero-order valence-electron chi connectivity index (χ0n) is 14.7. The van der Waals surface area contributed by atoms with Gasteiger partial charge in [-0.1, -0.05) is 23.2 Å². The van der Waals surface area contributed by atoms with Crippen LogP contribution in [0.4, 0.5) is 5.69 Å². The summed E-state index contributed by atoms with van der Waals surface area (Å²) in [6.45, 7) is 3.69. The third kappa shape index (κ3) is 4.68. The number of hydrogen-bond acceptors (Lipinski definition) is 4. The quantitative estimate of drug-likeness (QED) is 0.507. The van der Waals surface area contributed by atoms with Gasteiger partial charge in [-0.15, -0.1) is 0 Å². The normalized spacial score (nSPS) is 20.0. The van der Waals surface area contributed by atoms with E-state index in [2.05, 4.69) is 20.5 Å². The zero-order chi connectivity index (χ0) is 18.6.